The Morgan fingerprint density at radius 1 is 1.19 bits per heavy atom. The van der Waals surface area contributed by atoms with Crippen molar-refractivity contribution in [3.8, 4) is 0 Å². The first-order chi connectivity index (χ1) is 12.6. The third-order valence-corrected chi connectivity index (χ3v) is 5.09. The minimum Gasteiger partial charge on any atom is -0.336 e. The summed E-state index contributed by atoms with van der Waals surface area (Å²) >= 11 is 0. The van der Waals surface area contributed by atoms with Gasteiger partial charge in [-0.1, -0.05) is 32.9 Å². The third-order valence-electron chi connectivity index (χ3n) is 5.09. The van der Waals surface area contributed by atoms with Gasteiger partial charge in [-0.05, 0) is 49.3 Å². The quantitative estimate of drug-likeness (QED) is 0.844. The van der Waals surface area contributed by atoms with E-state index in [2.05, 4.69) is 48.2 Å². The number of carbonyl (C=O) groups is 1. The Balaban J connectivity index is 1.67. The second-order valence-corrected chi connectivity index (χ2v) is 7.25. The summed E-state index contributed by atoms with van der Waals surface area (Å²) in [4.78, 5) is 23.4. The van der Waals surface area contributed by atoms with Gasteiger partial charge in [0.05, 0.1) is 5.56 Å². The SMILES string of the molecule is CCC1CCCCN1C(=O)c1cnc(Nc2ccc(C(C)C)cc2)nc1. The lowest BCUT2D eigenvalue weighted by molar-refractivity contribution is 0.0607. The topological polar surface area (TPSA) is 58.1 Å². The molecular formula is C21H28N4O. The van der Waals surface area contributed by atoms with Crippen LogP contribution in [0.4, 0.5) is 11.6 Å². The molecule has 0 aliphatic carbocycles. The molecule has 1 atom stereocenters. The summed E-state index contributed by atoms with van der Waals surface area (Å²) in [5, 5.41) is 3.19. The van der Waals surface area contributed by atoms with Crippen LogP contribution in [0.5, 0.6) is 0 Å². The maximum atomic E-state index is 12.8. The summed E-state index contributed by atoms with van der Waals surface area (Å²) in [6, 6.07) is 8.60. The number of likely N-dealkylation sites (tertiary alicyclic amines) is 1. The molecule has 1 amide bonds. The second-order valence-electron chi connectivity index (χ2n) is 7.25. The van der Waals surface area contributed by atoms with Crippen molar-refractivity contribution < 1.29 is 4.79 Å². The van der Waals surface area contributed by atoms with Crippen LogP contribution < -0.4 is 5.32 Å². The average Bonchev–Trinajstić information content (AvgIpc) is 2.68. The molecular weight excluding hydrogens is 324 g/mol. The fraction of sp³-hybridized carbons (Fsp3) is 0.476. The van der Waals surface area contributed by atoms with Crippen LogP contribution in [0.2, 0.25) is 0 Å². The van der Waals surface area contributed by atoms with Gasteiger partial charge >= 0.3 is 0 Å². The number of benzene rings is 1. The van der Waals surface area contributed by atoms with Crippen LogP contribution in [0.15, 0.2) is 36.7 Å². The van der Waals surface area contributed by atoms with Crippen molar-refractivity contribution in [2.24, 2.45) is 0 Å². The Bertz CT molecular complexity index is 725. The number of anilines is 2. The highest BCUT2D eigenvalue weighted by atomic mass is 16.2. The summed E-state index contributed by atoms with van der Waals surface area (Å²) in [5.41, 5.74) is 2.80. The Morgan fingerprint density at radius 2 is 1.88 bits per heavy atom. The molecule has 1 fully saturated rings. The third kappa shape index (κ3) is 4.21. The molecule has 1 aromatic heterocycles. The molecule has 1 unspecified atom stereocenters. The molecule has 26 heavy (non-hydrogen) atoms. The first-order valence-corrected chi connectivity index (χ1v) is 9.58. The number of nitrogens with zero attached hydrogens (tertiary/aromatic N) is 3. The molecule has 1 N–H and O–H groups in total. The molecule has 0 spiro atoms. The molecule has 1 saturated heterocycles. The molecule has 0 radical (unpaired) electrons. The van der Waals surface area contributed by atoms with Gasteiger partial charge in [0.25, 0.3) is 5.91 Å². The van der Waals surface area contributed by atoms with Crippen LogP contribution in [0, 0.1) is 0 Å². The van der Waals surface area contributed by atoms with Gasteiger partial charge in [-0.3, -0.25) is 4.79 Å². The fourth-order valence-corrected chi connectivity index (χ4v) is 3.44. The van der Waals surface area contributed by atoms with E-state index in [4.69, 9.17) is 0 Å². The highest BCUT2D eigenvalue weighted by Crippen LogP contribution is 2.22. The summed E-state index contributed by atoms with van der Waals surface area (Å²) in [6.45, 7) is 7.32. The standard InChI is InChI=1S/C21H28N4O/c1-4-19-7-5-6-12-25(19)20(26)17-13-22-21(23-14-17)24-18-10-8-16(9-11-18)15(2)3/h8-11,13-15,19H,4-7,12H2,1-3H3,(H,22,23,24). The molecule has 5 nitrogen and oxygen atoms in total. The summed E-state index contributed by atoms with van der Waals surface area (Å²) in [5.74, 6) is 1.06. The van der Waals surface area contributed by atoms with Crippen LogP contribution in [0.25, 0.3) is 0 Å². The first kappa shape index (κ1) is 18.4. The Kier molecular flexibility index (Phi) is 5.86. The molecule has 5 heteroatoms. The molecule has 1 aliphatic rings. The molecule has 1 aromatic carbocycles. The monoisotopic (exact) mass is 352 g/mol. The summed E-state index contributed by atoms with van der Waals surface area (Å²) in [7, 11) is 0. The van der Waals surface area contributed by atoms with Crippen LogP contribution in [-0.4, -0.2) is 33.4 Å². The molecule has 1 aliphatic heterocycles. The minimum absolute atomic E-state index is 0.0457. The maximum Gasteiger partial charge on any atom is 0.257 e. The summed E-state index contributed by atoms with van der Waals surface area (Å²) < 4.78 is 0. The lowest BCUT2D eigenvalue weighted by Crippen LogP contribution is -2.43. The largest absolute Gasteiger partial charge is 0.336 e. The number of amides is 1. The van der Waals surface area contributed by atoms with E-state index in [0.29, 0.717) is 23.5 Å². The van der Waals surface area contributed by atoms with Crippen LogP contribution in [0.1, 0.15) is 68.3 Å². The zero-order chi connectivity index (χ0) is 18.5. The van der Waals surface area contributed by atoms with Crippen molar-refractivity contribution in [1.82, 2.24) is 14.9 Å². The van der Waals surface area contributed by atoms with Crippen molar-refractivity contribution in [1.29, 1.82) is 0 Å². The van der Waals surface area contributed by atoms with Gasteiger partial charge in [0.1, 0.15) is 0 Å². The van der Waals surface area contributed by atoms with E-state index >= 15 is 0 Å². The lowest BCUT2D eigenvalue weighted by Gasteiger charge is -2.35. The number of carbonyl (C=O) groups excluding carboxylic acids is 1. The fourth-order valence-electron chi connectivity index (χ4n) is 3.44. The van der Waals surface area contributed by atoms with Crippen molar-refractivity contribution in [3.05, 3.63) is 47.8 Å². The van der Waals surface area contributed by atoms with Gasteiger partial charge in [0.2, 0.25) is 5.95 Å². The van der Waals surface area contributed by atoms with Crippen molar-refractivity contribution in [2.75, 3.05) is 11.9 Å². The van der Waals surface area contributed by atoms with Crippen LogP contribution in [0.3, 0.4) is 0 Å². The molecule has 138 valence electrons. The van der Waals surface area contributed by atoms with Gasteiger partial charge in [0.15, 0.2) is 0 Å². The van der Waals surface area contributed by atoms with Crippen molar-refractivity contribution in [3.63, 3.8) is 0 Å². The molecule has 2 aromatic rings. The average molecular weight is 352 g/mol. The van der Waals surface area contributed by atoms with Crippen molar-refractivity contribution in [2.45, 2.75) is 58.4 Å². The van der Waals surface area contributed by atoms with Gasteiger partial charge in [-0.25, -0.2) is 9.97 Å². The Hall–Kier alpha value is -2.43. The summed E-state index contributed by atoms with van der Waals surface area (Å²) in [6.07, 6.45) is 7.63. The number of rotatable bonds is 5. The highest BCUT2D eigenvalue weighted by Gasteiger charge is 2.26. The van der Waals surface area contributed by atoms with E-state index in [1.807, 2.05) is 17.0 Å². The van der Waals surface area contributed by atoms with E-state index in [0.717, 1.165) is 31.5 Å². The highest BCUT2D eigenvalue weighted by molar-refractivity contribution is 5.94. The lowest BCUT2D eigenvalue weighted by atomic mass is 9.99. The zero-order valence-electron chi connectivity index (χ0n) is 15.9. The molecule has 3 rings (SSSR count). The van der Waals surface area contributed by atoms with Gasteiger partial charge < -0.3 is 10.2 Å². The van der Waals surface area contributed by atoms with Crippen molar-refractivity contribution >= 4 is 17.5 Å². The van der Waals surface area contributed by atoms with E-state index in [1.54, 1.807) is 12.4 Å². The first-order valence-electron chi connectivity index (χ1n) is 9.58. The number of hydrogen-bond donors (Lipinski definition) is 1. The number of piperidine rings is 1. The van der Waals surface area contributed by atoms with Gasteiger partial charge in [-0.15, -0.1) is 0 Å². The Morgan fingerprint density at radius 3 is 2.50 bits per heavy atom. The maximum absolute atomic E-state index is 12.8. The number of nitrogens with one attached hydrogen (secondary N) is 1. The van der Waals surface area contributed by atoms with Gasteiger partial charge in [-0.2, -0.15) is 0 Å². The molecule has 0 bridgehead atoms. The minimum atomic E-state index is 0.0457. The Labute approximate surface area is 155 Å². The number of hydrogen-bond acceptors (Lipinski definition) is 4. The zero-order valence-corrected chi connectivity index (χ0v) is 15.9. The predicted molar refractivity (Wildman–Crippen MR) is 105 cm³/mol. The van der Waals surface area contributed by atoms with Gasteiger partial charge in [0, 0.05) is 30.7 Å². The van der Waals surface area contributed by atoms with E-state index < -0.39 is 0 Å². The number of aromatic nitrogens is 2. The van der Waals surface area contributed by atoms with E-state index in [9.17, 15) is 4.79 Å². The molecule has 2 heterocycles. The van der Waals surface area contributed by atoms with E-state index in [-0.39, 0.29) is 5.91 Å². The van der Waals surface area contributed by atoms with Crippen LogP contribution >= 0.6 is 0 Å². The van der Waals surface area contributed by atoms with Crippen LogP contribution in [-0.2, 0) is 0 Å². The van der Waals surface area contributed by atoms with E-state index in [1.165, 1.54) is 12.0 Å². The smallest absolute Gasteiger partial charge is 0.257 e. The second kappa shape index (κ2) is 8.30. The predicted octanol–water partition coefficient (Wildman–Crippen LogP) is 4.75. The normalized spacial score (nSPS) is 17.4. The molecule has 0 saturated carbocycles.